The number of hydrogen-bond acceptors (Lipinski definition) is 2. The Bertz CT molecular complexity index is 462. The molecule has 0 saturated heterocycles. The minimum absolute atomic E-state index is 0.0350. The summed E-state index contributed by atoms with van der Waals surface area (Å²) < 4.78 is 0. The minimum atomic E-state index is 0.0350. The van der Waals surface area contributed by atoms with Gasteiger partial charge < -0.3 is 4.90 Å². The van der Waals surface area contributed by atoms with Crippen molar-refractivity contribution in [2.45, 2.75) is 13.1 Å². The van der Waals surface area contributed by atoms with Crippen molar-refractivity contribution in [3.8, 4) is 0 Å². The zero-order chi connectivity index (χ0) is 10.8. The van der Waals surface area contributed by atoms with Gasteiger partial charge in [-0.05, 0) is 22.7 Å². The Hall–Kier alpha value is -2.00. The Balaban J connectivity index is 2.35. The lowest BCUT2D eigenvalue weighted by Gasteiger charge is -2.04. The molecule has 5 nitrogen and oxygen atoms in total. The lowest BCUT2D eigenvalue weighted by atomic mass is 10.1. The zero-order valence-corrected chi connectivity index (χ0v) is 8.34. The first kappa shape index (κ1) is 9.55. The highest BCUT2D eigenvalue weighted by Gasteiger charge is 2.23. The van der Waals surface area contributed by atoms with Gasteiger partial charge in [0.2, 0.25) is 0 Å². The summed E-state index contributed by atoms with van der Waals surface area (Å²) in [7, 11) is 1.77. The van der Waals surface area contributed by atoms with E-state index in [9.17, 15) is 4.79 Å². The van der Waals surface area contributed by atoms with Gasteiger partial charge in [-0.25, -0.2) is 0 Å². The van der Waals surface area contributed by atoms with Crippen LogP contribution in [0.5, 0.6) is 0 Å². The molecule has 0 atom stereocenters. The summed E-state index contributed by atoms with van der Waals surface area (Å²) in [5.74, 6) is 0.0350. The van der Waals surface area contributed by atoms with Gasteiger partial charge in [-0.2, -0.15) is 0 Å². The molecule has 0 fully saturated rings. The van der Waals surface area contributed by atoms with Gasteiger partial charge in [0.25, 0.3) is 5.91 Å². The fourth-order valence-corrected chi connectivity index (χ4v) is 1.71. The highest BCUT2D eigenvalue weighted by molar-refractivity contribution is 5.98. The second-order valence-electron chi connectivity index (χ2n) is 3.54. The molecule has 0 bridgehead atoms. The molecule has 1 aliphatic rings. The lowest BCUT2D eigenvalue weighted by Crippen LogP contribution is -2.17. The highest BCUT2D eigenvalue weighted by atomic mass is 16.2. The van der Waals surface area contributed by atoms with Crippen molar-refractivity contribution in [2.24, 2.45) is 5.11 Å². The number of hydrogen-bond donors (Lipinski definition) is 0. The average Bonchev–Trinajstić information content (AvgIpc) is 2.52. The van der Waals surface area contributed by atoms with Crippen LogP contribution in [0.4, 0.5) is 0 Å². The molecule has 0 N–H and O–H groups in total. The molecular weight excluding hydrogens is 192 g/mol. The van der Waals surface area contributed by atoms with E-state index in [2.05, 4.69) is 10.0 Å². The maximum atomic E-state index is 11.6. The van der Waals surface area contributed by atoms with E-state index in [4.69, 9.17) is 5.53 Å². The molecule has 1 aromatic rings. The van der Waals surface area contributed by atoms with E-state index in [1.807, 2.05) is 12.1 Å². The van der Waals surface area contributed by atoms with E-state index in [0.29, 0.717) is 13.1 Å². The van der Waals surface area contributed by atoms with Gasteiger partial charge in [-0.15, -0.1) is 0 Å². The molecule has 0 aromatic heterocycles. The van der Waals surface area contributed by atoms with Gasteiger partial charge >= 0.3 is 0 Å². The molecule has 76 valence electrons. The predicted octanol–water partition coefficient (Wildman–Crippen LogP) is 2.08. The maximum Gasteiger partial charge on any atom is 0.254 e. The largest absolute Gasteiger partial charge is 0.337 e. The van der Waals surface area contributed by atoms with Crippen LogP contribution in [0.3, 0.4) is 0 Å². The fourth-order valence-electron chi connectivity index (χ4n) is 1.71. The van der Waals surface area contributed by atoms with E-state index in [1.54, 1.807) is 18.0 Å². The summed E-state index contributed by atoms with van der Waals surface area (Å²) in [6.45, 7) is 0.955. The van der Waals surface area contributed by atoms with E-state index in [0.717, 1.165) is 16.7 Å². The van der Waals surface area contributed by atoms with Crippen molar-refractivity contribution < 1.29 is 4.79 Å². The average molecular weight is 202 g/mol. The zero-order valence-electron chi connectivity index (χ0n) is 8.34. The van der Waals surface area contributed by atoms with Crippen LogP contribution in [0.25, 0.3) is 10.4 Å². The molecular formula is C10H10N4O. The number of nitrogens with zero attached hydrogens (tertiary/aromatic N) is 4. The summed E-state index contributed by atoms with van der Waals surface area (Å²) >= 11 is 0. The molecule has 1 aliphatic heterocycles. The predicted molar refractivity (Wildman–Crippen MR) is 55.1 cm³/mol. The van der Waals surface area contributed by atoms with Crippen molar-refractivity contribution in [2.75, 3.05) is 7.05 Å². The topological polar surface area (TPSA) is 69.1 Å². The SMILES string of the molecule is CN1Cc2ccc(CN=[N+]=[N-])cc2C1=O. The van der Waals surface area contributed by atoms with Crippen LogP contribution in [0.2, 0.25) is 0 Å². The summed E-state index contributed by atoms with van der Waals surface area (Å²) in [5, 5.41) is 3.47. The van der Waals surface area contributed by atoms with Gasteiger partial charge in [0.1, 0.15) is 0 Å². The Morgan fingerprint density at radius 2 is 2.40 bits per heavy atom. The molecule has 1 heterocycles. The monoisotopic (exact) mass is 202 g/mol. The van der Waals surface area contributed by atoms with Crippen molar-refractivity contribution in [3.05, 3.63) is 45.3 Å². The molecule has 0 aliphatic carbocycles. The molecule has 1 amide bonds. The van der Waals surface area contributed by atoms with E-state index < -0.39 is 0 Å². The van der Waals surface area contributed by atoms with Crippen molar-refractivity contribution in [1.29, 1.82) is 0 Å². The Morgan fingerprint density at radius 3 is 3.13 bits per heavy atom. The smallest absolute Gasteiger partial charge is 0.254 e. The van der Waals surface area contributed by atoms with Gasteiger partial charge in [-0.3, -0.25) is 4.79 Å². The van der Waals surface area contributed by atoms with Crippen molar-refractivity contribution in [1.82, 2.24) is 4.90 Å². The molecule has 1 aromatic carbocycles. The van der Waals surface area contributed by atoms with Crippen LogP contribution in [0.15, 0.2) is 23.3 Å². The molecule has 0 saturated carbocycles. The molecule has 5 heteroatoms. The summed E-state index contributed by atoms with van der Waals surface area (Å²) in [4.78, 5) is 16.0. The molecule has 0 radical (unpaired) electrons. The Kier molecular flexibility index (Phi) is 2.31. The highest BCUT2D eigenvalue weighted by Crippen LogP contribution is 2.22. The third kappa shape index (κ3) is 1.65. The second-order valence-corrected chi connectivity index (χ2v) is 3.54. The van der Waals surface area contributed by atoms with E-state index in [1.165, 1.54) is 0 Å². The quantitative estimate of drug-likeness (QED) is 0.411. The number of fused-ring (bicyclic) bond motifs is 1. The lowest BCUT2D eigenvalue weighted by molar-refractivity contribution is 0.0816. The third-order valence-corrected chi connectivity index (χ3v) is 2.48. The number of amides is 1. The van der Waals surface area contributed by atoms with Crippen LogP contribution in [0, 0.1) is 0 Å². The van der Waals surface area contributed by atoms with Crippen molar-refractivity contribution >= 4 is 5.91 Å². The first-order chi connectivity index (χ1) is 7.22. The minimum Gasteiger partial charge on any atom is -0.337 e. The number of azide groups is 1. The fraction of sp³-hybridized carbons (Fsp3) is 0.300. The van der Waals surface area contributed by atoms with Crippen LogP contribution in [0.1, 0.15) is 21.5 Å². The van der Waals surface area contributed by atoms with Crippen LogP contribution in [-0.4, -0.2) is 17.9 Å². The van der Waals surface area contributed by atoms with E-state index >= 15 is 0 Å². The molecule has 2 rings (SSSR count). The number of carbonyl (C=O) groups is 1. The maximum absolute atomic E-state index is 11.6. The van der Waals surface area contributed by atoms with Gasteiger partial charge in [0.05, 0.1) is 6.54 Å². The standard InChI is InChI=1S/C10H10N4O/c1-14-6-8-3-2-7(5-12-13-11)4-9(8)10(14)15/h2-4H,5-6H2,1H3. The van der Waals surface area contributed by atoms with Crippen LogP contribution < -0.4 is 0 Å². The molecule has 0 unspecified atom stereocenters. The number of rotatable bonds is 2. The molecule has 15 heavy (non-hydrogen) atoms. The molecule has 0 spiro atoms. The summed E-state index contributed by atoms with van der Waals surface area (Å²) in [5.41, 5.74) is 10.8. The summed E-state index contributed by atoms with van der Waals surface area (Å²) in [6.07, 6.45) is 0. The number of carbonyl (C=O) groups excluding carboxylic acids is 1. The third-order valence-electron chi connectivity index (χ3n) is 2.48. The summed E-state index contributed by atoms with van der Waals surface area (Å²) in [6, 6.07) is 5.61. The van der Waals surface area contributed by atoms with Crippen molar-refractivity contribution in [3.63, 3.8) is 0 Å². The first-order valence-electron chi connectivity index (χ1n) is 4.60. The first-order valence-corrected chi connectivity index (χ1v) is 4.60. The normalized spacial score (nSPS) is 13.7. The van der Waals surface area contributed by atoms with Crippen LogP contribution >= 0.6 is 0 Å². The Morgan fingerprint density at radius 1 is 1.60 bits per heavy atom. The second kappa shape index (κ2) is 3.63. The Labute approximate surface area is 86.9 Å². The van der Waals surface area contributed by atoms with Gasteiger partial charge in [0, 0.05) is 24.1 Å². The number of benzene rings is 1. The van der Waals surface area contributed by atoms with Gasteiger partial charge in [-0.1, -0.05) is 17.2 Å². The van der Waals surface area contributed by atoms with E-state index in [-0.39, 0.29) is 5.91 Å². The van der Waals surface area contributed by atoms with Crippen LogP contribution in [-0.2, 0) is 13.1 Å². The van der Waals surface area contributed by atoms with Gasteiger partial charge in [0.15, 0.2) is 0 Å².